The van der Waals surface area contributed by atoms with Gasteiger partial charge in [0.1, 0.15) is 48.8 Å². The second kappa shape index (κ2) is 14.5. The molecular formula is C27H44O15. The van der Waals surface area contributed by atoms with E-state index in [-0.39, 0.29) is 43.3 Å². The minimum Gasteiger partial charge on any atom is -0.462 e. The van der Waals surface area contributed by atoms with Crippen molar-refractivity contribution in [2.45, 2.75) is 101 Å². The van der Waals surface area contributed by atoms with Crippen LogP contribution in [0.15, 0.2) is 11.8 Å². The van der Waals surface area contributed by atoms with E-state index in [0.29, 0.717) is 18.4 Å². The van der Waals surface area contributed by atoms with Gasteiger partial charge in [0.05, 0.1) is 26.1 Å². The van der Waals surface area contributed by atoms with Crippen molar-refractivity contribution in [2.24, 2.45) is 23.7 Å². The van der Waals surface area contributed by atoms with E-state index in [9.17, 15) is 45.6 Å². The normalized spacial score (nSPS) is 43.9. The predicted molar refractivity (Wildman–Crippen MR) is 138 cm³/mol. The van der Waals surface area contributed by atoms with Crippen LogP contribution in [0.1, 0.15) is 33.1 Å². The van der Waals surface area contributed by atoms with Crippen LogP contribution in [0.2, 0.25) is 0 Å². The number of hydrogen-bond acceptors (Lipinski definition) is 15. The number of esters is 1. The van der Waals surface area contributed by atoms with Crippen LogP contribution in [0.25, 0.3) is 0 Å². The topological polar surface area (TPSA) is 234 Å². The average Bonchev–Trinajstić information content (AvgIpc) is 3.40. The molecule has 0 aromatic rings. The minimum atomic E-state index is -1.77. The van der Waals surface area contributed by atoms with Gasteiger partial charge in [-0.25, -0.2) is 0 Å². The monoisotopic (exact) mass is 608 g/mol. The molecule has 1 aliphatic carbocycles. The van der Waals surface area contributed by atoms with E-state index in [4.69, 9.17) is 28.4 Å². The van der Waals surface area contributed by atoms with Crippen LogP contribution in [0.5, 0.6) is 0 Å². The minimum absolute atomic E-state index is 0.100. The molecule has 2 saturated heterocycles. The number of rotatable bonds is 11. The molecule has 3 heterocycles. The number of carbonyl (C=O) groups excluding carboxylic acids is 1. The molecule has 0 aromatic carbocycles. The molecule has 8 N–H and O–H groups in total. The van der Waals surface area contributed by atoms with Crippen LogP contribution < -0.4 is 0 Å². The fourth-order valence-corrected chi connectivity index (χ4v) is 6.13. The Labute approximate surface area is 243 Å². The van der Waals surface area contributed by atoms with Gasteiger partial charge in [-0.1, -0.05) is 13.8 Å². The van der Waals surface area contributed by atoms with Gasteiger partial charge in [-0.2, -0.15) is 0 Å². The summed E-state index contributed by atoms with van der Waals surface area (Å²) < 4.78 is 33.7. The molecule has 15 heteroatoms. The molecule has 0 amide bonds. The van der Waals surface area contributed by atoms with E-state index >= 15 is 0 Å². The van der Waals surface area contributed by atoms with Crippen molar-refractivity contribution in [3.05, 3.63) is 11.8 Å². The van der Waals surface area contributed by atoms with E-state index < -0.39 is 86.9 Å². The Morgan fingerprint density at radius 1 is 0.857 bits per heavy atom. The summed E-state index contributed by atoms with van der Waals surface area (Å²) in [6, 6.07) is 0. The summed E-state index contributed by atoms with van der Waals surface area (Å²) in [5, 5.41) is 81.2. The molecule has 0 aromatic heterocycles. The van der Waals surface area contributed by atoms with Crippen molar-refractivity contribution >= 4 is 5.97 Å². The van der Waals surface area contributed by atoms with Gasteiger partial charge in [-0.3, -0.25) is 4.79 Å². The Hall–Kier alpha value is -1.47. The quantitative estimate of drug-likeness (QED) is 0.110. The van der Waals surface area contributed by atoms with Crippen LogP contribution in [0.3, 0.4) is 0 Å². The summed E-state index contributed by atoms with van der Waals surface area (Å²) in [7, 11) is 0. The van der Waals surface area contributed by atoms with E-state index in [0.717, 1.165) is 0 Å². The number of ether oxygens (including phenoxy) is 6. The molecule has 3 aliphatic heterocycles. The molecule has 14 atom stereocenters. The summed E-state index contributed by atoms with van der Waals surface area (Å²) in [5.74, 6) is -0.897. The fraction of sp³-hybridized carbons (Fsp3) is 0.889. The standard InChI is InChI=1S/C27H44O15/c1-11(2)5-17(31)41-25-18-12(6-28)3-4-14(18)13(9-37-25)10-38-26-23(36)21(34)24(16(8-30)40-26)42-27-22(35)20(33)19(32)15(7-29)39-27/h9,11-12,14-16,18-30,32-36H,3-8,10H2,1-2H3/t12-,14-,15+,16-,18-,19+,20-,21-,22+,23-,24+,25+,26-,27-/m0/s1. The highest BCUT2D eigenvalue weighted by atomic mass is 16.7. The zero-order valence-corrected chi connectivity index (χ0v) is 23.6. The van der Waals surface area contributed by atoms with Gasteiger partial charge in [-0.05, 0) is 36.2 Å². The van der Waals surface area contributed by atoms with Gasteiger partial charge in [0.15, 0.2) is 12.6 Å². The second-order valence-corrected chi connectivity index (χ2v) is 11.8. The highest BCUT2D eigenvalue weighted by Gasteiger charge is 2.52. The van der Waals surface area contributed by atoms with Gasteiger partial charge in [0.25, 0.3) is 0 Å². The van der Waals surface area contributed by atoms with E-state index in [2.05, 4.69) is 0 Å². The summed E-state index contributed by atoms with van der Waals surface area (Å²) in [6.45, 7) is 2.20. The number of aliphatic hydroxyl groups is 8. The highest BCUT2D eigenvalue weighted by Crippen LogP contribution is 2.47. The number of aliphatic hydroxyl groups excluding tert-OH is 8. The molecule has 0 bridgehead atoms. The fourth-order valence-electron chi connectivity index (χ4n) is 6.13. The first kappa shape index (κ1) is 33.4. The van der Waals surface area contributed by atoms with Crippen LogP contribution in [0.4, 0.5) is 0 Å². The van der Waals surface area contributed by atoms with Crippen molar-refractivity contribution in [1.29, 1.82) is 0 Å². The Bertz CT molecular complexity index is 912. The predicted octanol–water partition coefficient (Wildman–Crippen LogP) is -2.91. The average molecular weight is 609 g/mol. The molecule has 242 valence electrons. The summed E-state index contributed by atoms with van der Waals surface area (Å²) in [6.07, 6.45) is -13.4. The third-order valence-corrected chi connectivity index (χ3v) is 8.43. The summed E-state index contributed by atoms with van der Waals surface area (Å²) >= 11 is 0. The maximum atomic E-state index is 12.3. The Morgan fingerprint density at radius 2 is 1.52 bits per heavy atom. The van der Waals surface area contributed by atoms with Crippen molar-refractivity contribution in [3.8, 4) is 0 Å². The lowest BCUT2D eigenvalue weighted by atomic mass is 9.83. The third kappa shape index (κ3) is 7.08. The lowest BCUT2D eigenvalue weighted by molar-refractivity contribution is -0.358. The molecule has 4 aliphatic rings. The number of hydrogen-bond donors (Lipinski definition) is 8. The molecule has 15 nitrogen and oxygen atoms in total. The number of fused-ring (bicyclic) bond motifs is 1. The van der Waals surface area contributed by atoms with Crippen molar-refractivity contribution in [2.75, 3.05) is 26.4 Å². The van der Waals surface area contributed by atoms with E-state index in [1.807, 2.05) is 13.8 Å². The zero-order valence-electron chi connectivity index (χ0n) is 23.6. The molecule has 4 rings (SSSR count). The van der Waals surface area contributed by atoms with Crippen molar-refractivity contribution in [3.63, 3.8) is 0 Å². The molecule has 3 fully saturated rings. The van der Waals surface area contributed by atoms with Crippen molar-refractivity contribution in [1.82, 2.24) is 0 Å². The molecule has 1 saturated carbocycles. The SMILES string of the molecule is CC(C)CC(=O)O[C@H]1OC=C(CO[C@H]2O[C@@H](CO)[C@@H](O[C@@H]3O[C@H](CO)[C@@H](O)[C@H](O)[C@H]3O)[C@@H](O)[C@@H]2O)[C@@H]2CC[C@@H](CO)[C@H]12. The van der Waals surface area contributed by atoms with E-state index in [1.165, 1.54) is 6.26 Å². The maximum absolute atomic E-state index is 12.3. The van der Waals surface area contributed by atoms with E-state index in [1.54, 1.807) is 0 Å². The summed E-state index contributed by atoms with van der Waals surface area (Å²) in [5.41, 5.74) is 0.678. The molecule has 0 unspecified atom stereocenters. The molecular weight excluding hydrogens is 564 g/mol. The largest absolute Gasteiger partial charge is 0.462 e. The van der Waals surface area contributed by atoms with Crippen molar-refractivity contribution < 1.29 is 74.1 Å². The second-order valence-electron chi connectivity index (χ2n) is 11.8. The van der Waals surface area contributed by atoms with Crippen LogP contribution >= 0.6 is 0 Å². The van der Waals surface area contributed by atoms with Crippen LogP contribution in [-0.4, -0.2) is 141 Å². The van der Waals surface area contributed by atoms with Gasteiger partial charge in [-0.15, -0.1) is 0 Å². The zero-order chi connectivity index (χ0) is 30.7. The smallest absolute Gasteiger partial charge is 0.309 e. The first-order valence-corrected chi connectivity index (χ1v) is 14.3. The lowest BCUT2D eigenvalue weighted by Crippen LogP contribution is -2.64. The van der Waals surface area contributed by atoms with Gasteiger partial charge in [0.2, 0.25) is 6.29 Å². The Balaban J connectivity index is 1.39. The van der Waals surface area contributed by atoms with Crippen LogP contribution in [0, 0.1) is 23.7 Å². The van der Waals surface area contributed by atoms with Crippen LogP contribution in [-0.2, 0) is 33.2 Å². The van der Waals surface area contributed by atoms with Gasteiger partial charge in [0, 0.05) is 18.9 Å². The van der Waals surface area contributed by atoms with Gasteiger partial charge < -0.3 is 69.3 Å². The Kier molecular flexibility index (Phi) is 11.6. The molecule has 0 radical (unpaired) electrons. The lowest BCUT2D eigenvalue weighted by Gasteiger charge is -2.46. The number of carbonyl (C=O) groups is 1. The summed E-state index contributed by atoms with van der Waals surface area (Å²) in [4.78, 5) is 12.3. The first-order chi connectivity index (χ1) is 20.0. The molecule has 0 spiro atoms. The first-order valence-electron chi connectivity index (χ1n) is 14.3. The molecule has 42 heavy (non-hydrogen) atoms. The Morgan fingerprint density at radius 3 is 2.17 bits per heavy atom. The third-order valence-electron chi connectivity index (χ3n) is 8.43. The van der Waals surface area contributed by atoms with Gasteiger partial charge >= 0.3 is 5.97 Å². The highest BCUT2D eigenvalue weighted by molar-refractivity contribution is 5.69. The maximum Gasteiger partial charge on any atom is 0.309 e.